The van der Waals surface area contributed by atoms with Crippen molar-refractivity contribution in [1.82, 2.24) is 10.3 Å². The van der Waals surface area contributed by atoms with Crippen LogP contribution in [0.3, 0.4) is 0 Å². The van der Waals surface area contributed by atoms with Crippen LogP contribution in [0.15, 0.2) is 23.5 Å². The first kappa shape index (κ1) is 13.0. The van der Waals surface area contributed by atoms with Crippen LogP contribution in [0.2, 0.25) is 0 Å². The molecule has 0 aliphatic rings. The molecule has 1 aromatic heterocycles. The van der Waals surface area contributed by atoms with Crippen LogP contribution in [0.25, 0.3) is 0 Å². The van der Waals surface area contributed by atoms with Crippen molar-refractivity contribution < 1.29 is 5.21 Å². The van der Waals surface area contributed by atoms with Crippen LogP contribution in [0, 0.1) is 11.8 Å². The molecule has 0 aliphatic carbocycles. The number of hydrogen-bond acceptors (Lipinski definition) is 4. The lowest BCUT2D eigenvalue weighted by atomic mass is 10.2. The van der Waals surface area contributed by atoms with E-state index in [1.165, 1.54) is 0 Å². The van der Waals surface area contributed by atoms with Gasteiger partial charge in [0.1, 0.15) is 5.69 Å². The molecular weight excluding hydrogens is 216 g/mol. The van der Waals surface area contributed by atoms with E-state index in [9.17, 15) is 0 Å². The summed E-state index contributed by atoms with van der Waals surface area (Å²) in [5.74, 6) is 5.83. The SMILES string of the molecule is CC#CCCNCc1ccnc(/C(N)=N/O)c1. The summed E-state index contributed by atoms with van der Waals surface area (Å²) >= 11 is 0. The summed E-state index contributed by atoms with van der Waals surface area (Å²) in [6.45, 7) is 3.37. The van der Waals surface area contributed by atoms with Crippen molar-refractivity contribution in [3.05, 3.63) is 29.6 Å². The van der Waals surface area contributed by atoms with Crippen molar-refractivity contribution in [2.45, 2.75) is 19.9 Å². The highest BCUT2D eigenvalue weighted by atomic mass is 16.4. The first-order valence-electron chi connectivity index (χ1n) is 5.31. The van der Waals surface area contributed by atoms with Gasteiger partial charge in [0, 0.05) is 25.7 Å². The van der Waals surface area contributed by atoms with Gasteiger partial charge in [-0.05, 0) is 24.6 Å². The fraction of sp³-hybridized carbons (Fsp3) is 0.333. The van der Waals surface area contributed by atoms with Gasteiger partial charge in [0.25, 0.3) is 0 Å². The summed E-state index contributed by atoms with van der Waals surface area (Å²) in [7, 11) is 0. The number of rotatable bonds is 5. The van der Waals surface area contributed by atoms with E-state index in [0.717, 1.165) is 18.5 Å². The fourth-order valence-electron chi connectivity index (χ4n) is 1.28. The number of hydrogen-bond donors (Lipinski definition) is 3. The van der Waals surface area contributed by atoms with Gasteiger partial charge in [0.05, 0.1) is 0 Å². The average molecular weight is 232 g/mol. The van der Waals surface area contributed by atoms with Crippen molar-refractivity contribution in [2.75, 3.05) is 6.54 Å². The monoisotopic (exact) mass is 232 g/mol. The molecule has 17 heavy (non-hydrogen) atoms. The predicted molar refractivity (Wildman–Crippen MR) is 66.5 cm³/mol. The van der Waals surface area contributed by atoms with E-state index in [1.807, 2.05) is 13.0 Å². The molecule has 0 amide bonds. The first-order chi connectivity index (χ1) is 8.27. The molecule has 0 fully saturated rings. The first-order valence-corrected chi connectivity index (χ1v) is 5.31. The van der Waals surface area contributed by atoms with Gasteiger partial charge in [0.15, 0.2) is 5.84 Å². The van der Waals surface area contributed by atoms with E-state index in [2.05, 4.69) is 27.3 Å². The maximum absolute atomic E-state index is 8.54. The van der Waals surface area contributed by atoms with Crippen LogP contribution in [-0.2, 0) is 6.54 Å². The molecule has 1 heterocycles. The molecule has 0 aromatic carbocycles. The molecule has 0 spiro atoms. The van der Waals surface area contributed by atoms with Crippen molar-refractivity contribution >= 4 is 5.84 Å². The lowest BCUT2D eigenvalue weighted by molar-refractivity contribution is 0.318. The lowest BCUT2D eigenvalue weighted by Crippen LogP contribution is -2.17. The molecule has 0 atom stereocenters. The minimum atomic E-state index is 0.0173. The molecule has 0 aliphatic heterocycles. The van der Waals surface area contributed by atoms with Crippen molar-refractivity contribution in [2.24, 2.45) is 10.9 Å². The molecular formula is C12H16N4O. The number of nitrogens with two attached hydrogens (primary N) is 1. The van der Waals surface area contributed by atoms with Crippen LogP contribution in [0.5, 0.6) is 0 Å². The van der Waals surface area contributed by atoms with E-state index < -0.39 is 0 Å². The molecule has 4 N–H and O–H groups in total. The second-order valence-corrected chi connectivity index (χ2v) is 3.39. The summed E-state index contributed by atoms with van der Waals surface area (Å²) in [5, 5.41) is 14.7. The Morgan fingerprint density at radius 1 is 1.65 bits per heavy atom. The zero-order chi connectivity index (χ0) is 12.5. The minimum absolute atomic E-state index is 0.0173. The topological polar surface area (TPSA) is 83.5 Å². The van der Waals surface area contributed by atoms with E-state index >= 15 is 0 Å². The van der Waals surface area contributed by atoms with Gasteiger partial charge in [0.2, 0.25) is 0 Å². The Hall–Kier alpha value is -2.06. The van der Waals surface area contributed by atoms with E-state index in [1.54, 1.807) is 12.3 Å². The van der Waals surface area contributed by atoms with Gasteiger partial charge in [-0.15, -0.1) is 11.8 Å². The minimum Gasteiger partial charge on any atom is -0.409 e. The van der Waals surface area contributed by atoms with Crippen molar-refractivity contribution in [3.63, 3.8) is 0 Å². The van der Waals surface area contributed by atoms with Gasteiger partial charge in [-0.25, -0.2) is 0 Å². The molecule has 0 radical (unpaired) electrons. The smallest absolute Gasteiger partial charge is 0.188 e. The molecule has 0 bridgehead atoms. The van der Waals surface area contributed by atoms with Crippen LogP contribution in [0.1, 0.15) is 24.6 Å². The number of pyridine rings is 1. The molecule has 0 saturated heterocycles. The second kappa shape index (κ2) is 7.25. The Kier molecular flexibility index (Phi) is 5.55. The highest BCUT2D eigenvalue weighted by molar-refractivity contribution is 5.95. The third kappa shape index (κ3) is 4.53. The zero-order valence-corrected chi connectivity index (χ0v) is 9.77. The van der Waals surface area contributed by atoms with Crippen LogP contribution >= 0.6 is 0 Å². The number of aromatic nitrogens is 1. The molecule has 1 aromatic rings. The lowest BCUT2D eigenvalue weighted by Gasteiger charge is -2.04. The van der Waals surface area contributed by atoms with Gasteiger partial charge < -0.3 is 16.3 Å². The number of nitrogens with one attached hydrogen (secondary N) is 1. The Morgan fingerprint density at radius 3 is 3.18 bits per heavy atom. The van der Waals surface area contributed by atoms with Crippen LogP contribution in [0.4, 0.5) is 0 Å². The zero-order valence-electron chi connectivity index (χ0n) is 9.77. The molecule has 1 rings (SSSR count). The van der Waals surface area contributed by atoms with Gasteiger partial charge in [-0.2, -0.15) is 0 Å². The molecule has 90 valence electrons. The summed E-state index contributed by atoms with van der Waals surface area (Å²) in [5.41, 5.74) is 6.96. The van der Waals surface area contributed by atoms with Gasteiger partial charge in [-0.3, -0.25) is 4.98 Å². The Bertz CT molecular complexity index is 445. The predicted octanol–water partition coefficient (Wildman–Crippen LogP) is 0.679. The Balaban J connectivity index is 2.50. The highest BCUT2D eigenvalue weighted by Crippen LogP contribution is 2.01. The van der Waals surface area contributed by atoms with Crippen LogP contribution in [-0.4, -0.2) is 22.6 Å². The molecule has 5 nitrogen and oxygen atoms in total. The Labute approximate surface area is 101 Å². The number of nitrogens with zero attached hydrogens (tertiary/aromatic N) is 2. The van der Waals surface area contributed by atoms with E-state index in [-0.39, 0.29) is 5.84 Å². The van der Waals surface area contributed by atoms with Crippen molar-refractivity contribution in [1.29, 1.82) is 0 Å². The maximum Gasteiger partial charge on any atom is 0.188 e. The molecule has 0 saturated carbocycles. The summed E-state index contributed by atoms with van der Waals surface area (Å²) < 4.78 is 0. The largest absolute Gasteiger partial charge is 0.409 e. The second-order valence-electron chi connectivity index (χ2n) is 3.39. The molecule has 0 unspecified atom stereocenters. The highest BCUT2D eigenvalue weighted by Gasteiger charge is 2.01. The summed E-state index contributed by atoms with van der Waals surface area (Å²) in [6, 6.07) is 3.67. The quantitative estimate of drug-likeness (QED) is 0.174. The van der Waals surface area contributed by atoms with E-state index in [0.29, 0.717) is 12.2 Å². The third-order valence-corrected chi connectivity index (χ3v) is 2.13. The van der Waals surface area contributed by atoms with Crippen molar-refractivity contribution in [3.8, 4) is 11.8 Å². The fourth-order valence-corrected chi connectivity index (χ4v) is 1.28. The van der Waals surface area contributed by atoms with E-state index in [4.69, 9.17) is 10.9 Å². The normalized spacial score (nSPS) is 10.8. The summed E-state index contributed by atoms with van der Waals surface area (Å²) in [6.07, 6.45) is 2.46. The average Bonchev–Trinajstić information content (AvgIpc) is 2.38. The van der Waals surface area contributed by atoms with Gasteiger partial charge in [-0.1, -0.05) is 5.16 Å². The number of amidine groups is 1. The Morgan fingerprint density at radius 2 is 2.47 bits per heavy atom. The third-order valence-electron chi connectivity index (χ3n) is 2.13. The maximum atomic E-state index is 8.54. The summed E-state index contributed by atoms with van der Waals surface area (Å²) in [4.78, 5) is 4.00. The molecule has 5 heteroatoms. The van der Waals surface area contributed by atoms with Gasteiger partial charge >= 0.3 is 0 Å². The van der Waals surface area contributed by atoms with Crippen LogP contribution < -0.4 is 11.1 Å². The standard InChI is InChI=1S/C12H16N4O/c1-2-3-4-6-14-9-10-5-7-15-11(8-10)12(13)16-17/h5,7-8,14,17H,4,6,9H2,1H3,(H2,13,16). The number of oxime groups is 1.